The van der Waals surface area contributed by atoms with Crippen molar-refractivity contribution in [1.82, 2.24) is 5.32 Å². The molecule has 0 saturated heterocycles. The van der Waals surface area contributed by atoms with Crippen LogP contribution in [-0.2, 0) is 6.42 Å². The molecule has 0 amide bonds. The number of ketones is 1. The standard InChI is InChI=1S/C21H20N2O2/c1-21(2)12-16-7-8-17(25-3)10-18(16)19(23-21)11-20(24)15-6-4-5-14(9-15)13-22/h4-11,23H,12H2,1-3H3/b19-11-. The van der Waals surface area contributed by atoms with Crippen molar-refractivity contribution in [2.45, 2.75) is 25.8 Å². The van der Waals surface area contributed by atoms with Crippen LogP contribution in [0.25, 0.3) is 5.70 Å². The first kappa shape index (κ1) is 16.8. The summed E-state index contributed by atoms with van der Waals surface area (Å²) in [5.74, 6) is 0.621. The van der Waals surface area contributed by atoms with Crippen LogP contribution < -0.4 is 10.1 Å². The van der Waals surface area contributed by atoms with Gasteiger partial charge in [0, 0.05) is 28.4 Å². The van der Waals surface area contributed by atoms with Crippen LogP contribution in [0.15, 0.2) is 48.5 Å². The molecule has 3 rings (SSSR count). The number of methoxy groups -OCH3 is 1. The summed E-state index contributed by atoms with van der Waals surface area (Å²) in [4.78, 5) is 12.7. The van der Waals surface area contributed by atoms with Gasteiger partial charge in [-0.1, -0.05) is 18.2 Å². The predicted octanol–water partition coefficient (Wildman–Crippen LogP) is 3.71. The minimum absolute atomic E-state index is 0.133. The fourth-order valence-corrected chi connectivity index (χ4v) is 3.11. The highest BCUT2D eigenvalue weighted by molar-refractivity contribution is 6.08. The number of hydrogen-bond donors (Lipinski definition) is 1. The van der Waals surface area contributed by atoms with E-state index in [0.717, 1.165) is 23.4 Å². The van der Waals surface area contributed by atoms with Gasteiger partial charge in [-0.05, 0) is 50.1 Å². The lowest BCUT2D eigenvalue weighted by molar-refractivity contribution is 0.104. The molecule has 4 nitrogen and oxygen atoms in total. The zero-order chi connectivity index (χ0) is 18.0. The molecule has 0 aromatic heterocycles. The second kappa shape index (κ2) is 6.45. The van der Waals surface area contributed by atoms with Crippen molar-refractivity contribution in [3.05, 3.63) is 70.8 Å². The maximum Gasteiger partial charge on any atom is 0.187 e. The summed E-state index contributed by atoms with van der Waals surface area (Å²) in [5, 5.41) is 12.5. The fraction of sp³-hybridized carbons (Fsp3) is 0.238. The van der Waals surface area contributed by atoms with E-state index in [1.54, 1.807) is 37.5 Å². The van der Waals surface area contributed by atoms with Gasteiger partial charge < -0.3 is 10.1 Å². The fourth-order valence-electron chi connectivity index (χ4n) is 3.11. The number of fused-ring (bicyclic) bond motifs is 1. The number of nitrogens with zero attached hydrogens (tertiary/aromatic N) is 1. The van der Waals surface area contributed by atoms with Crippen LogP contribution in [0.4, 0.5) is 0 Å². The van der Waals surface area contributed by atoms with Gasteiger partial charge in [0.25, 0.3) is 0 Å². The highest BCUT2D eigenvalue weighted by atomic mass is 16.5. The summed E-state index contributed by atoms with van der Waals surface area (Å²) in [6.07, 6.45) is 2.47. The molecule has 0 saturated carbocycles. The molecule has 1 aliphatic heterocycles. The molecule has 0 bridgehead atoms. The summed E-state index contributed by atoms with van der Waals surface area (Å²) in [6.45, 7) is 4.21. The quantitative estimate of drug-likeness (QED) is 0.687. The molecule has 4 heteroatoms. The number of carbonyl (C=O) groups is 1. The molecule has 2 aromatic rings. The lowest BCUT2D eigenvalue weighted by Gasteiger charge is -2.35. The number of carbonyl (C=O) groups excluding carboxylic acids is 1. The Morgan fingerprint density at radius 2 is 2.08 bits per heavy atom. The minimum atomic E-state index is -0.151. The van der Waals surface area contributed by atoms with Gasteiger partial charge in [0.05, 0.1) is 18.7 Å². The molecular formula is C21H20N2O2. The molecule has 126 valence electrons. The van der Waals surface area contributed by atoms with Crippen molar-refractivity contribution >= 4 is 11.5 Å². The third-order valence-corrected chi connectivity index (χ3v) is 4.26. The maximum absolute atomic E-state index is 12.7. The second-order valence-corrected chi connectivity index (χ2v) is 6.82. The normalized spacial score (nSPS) is 16.5. The van der Waals surface area contributed by atoms with Crippen molar-refractivity contribution in [2.75, 3.05) is 7.11 Å². The molecular weight excluding hydrogens is 312 g/mol. The first-order valence-electron chi connectivity index (χ1n) is 8.13. The number of benzene rings is 2. The van der Waals surface area contributed by atoms with Crippen molar-refractivity contribution < 1.29 is 9.53 Å². The Bertz CT molecular complexity index is 904. The van der Waals surface area contributed by atoms with E-state index in [-0.39, 0.29) is 11.3 Å². The molecule has 0 atom stereocenters. The smallest absolute Gasteiger partial charge is 0.187 e. The molecule has 0 unspecified atom stereocenters. The van der Waals surface area contributed by atoms with Crippen LogP contribution in [0.5, 0.6) is 5.75 Å². The van der Waals surface area contributed by atoms with E-state index in [4.69, 9.17) is 10.00 Å². The first-order valence-corrected chi connectivity index (χ1v) is 8.13. The predicted molar refractivity (Wildman–Crippen MR) is 97.4 cm³/mol. The van der Waals surface area contributed by atoms with Crippen LogP contribution >= 0.6 is 0 Å². The zero-order valence-electron chi connectivity index (χ0n) is 14.6. The Morgan fingerprint density at radius 1 is 1.28 bits per heavy atom. The first-order chi connectivity index (χ1) is 11.9. The highest BCUT2D eigenvalue weighted by Gasteiger charge is 2.28. The Labute approximate surface area is 147 Å². The minimum Gasteiger partial charge on any atom is -0.497 e. The third kappa shape index (κ3) is 3.56. The molecule has 0 spiro atoms. The van der Waals surface area contributed by atoms with E-state index in [1.165, 1.54) is 5.56 Å². The highest BCUT2D eigenvalue weighted by Crippen LogP contribution is 2.32. The molecule has 0 fully saturated rings. The number of allylic oxidation sites excluding steroid dienone is 1. The average Bonchev–Trinajstić information content (AvgIpc) is 2.60. The summed E-state index contributed by atoms with van der Waals surface area (Å²) >= 11 is 0. The van der Waals surface area contributed by atoms with Gasteiger partial charge in [-0.2, -0.15) is 5.26 Å². The second-order valence-electron chi connectivity index (χ2n) is 6.82. The van der Waals surface area contributed by atoms with E-state index >= 15 is 0 Å². The van der Waals surface area contributed by atoms with Gasteiger partial charge in [0.1, 0.15) is 5.75 Å². The number of ether oxygens (including phenoxy) is 1. The molecule has 25 heavy (non-hydrogen) atoms. The summed E-state index contributed by atoms with van der Waals surface area (Å²) in [7, 11) is 1.63. The van der Waals surface area contributed by atoms with Crippen molar-refractivity contribution in [1.29, 1.82) is 5.26 Å². The van der Waals surface area contributed by atoms with Gasteiger partial charge in [-0.3, -0.25) is 4.79 Å². The SMILES string of the molecule is COc1ccc2c(c1)/C(=C/C(=O)c1cccc(C#N)c1)NC(C)(C)C2. The van der Waals surface area contributed by atoms with E-state index in [9.17, 15) is 4.79 Å². The lowest BCUT2D eigenvalue weighted by atomic mass is 9.85. The maximum atomic E-state index is 12.7. The van der Waals surface area contributed by atoms with Crippen LogP contribution in [0.1, 0.15) is 40.9 Å². The largest absolute Gasteiger partial charge is 0.497 e. The molecule has 1 heterocycles. The lowest BCUT2D eigenvalue weighted by Crippen LogP contribution is -2.43. The van der Waals surface area contributed by atoms with E-state index in [0.29, 0.717) is 11.1 Å². The summed E-state index contributed by atoms with van der Waals surface area (Å²) in [6, 6.07) is 14.7. The molecule has 1 N–H and O–H groups in total. The number of nitrogens with one attached hydrogen (secondary N) is 1. The Balaban J connectivity index is 2.04. The van der Waals surface area contributed by atoms with Crippen molar-refractivity contribution in [3.63, 3.8) is 0 Å². The van der Waals surface area contributed by atoms with Crippen LogP contribution in [0, 0.1) is 11.3 Å². The Morgan fingerprint density at radius 3 is 2.80 bits per heavy atom. The average molecular weight is 332 g/mol. The van der Waals surface area contributed by atoms with E-state index < -0.39 is 0 Å². The molecule has 0 aliphatic carbocycles. The molecule has 2 aromatic carbocycles. The van der Waals surface area contributed by atoms with E-state index in [1.807, 2.05) is 18.2 Å². The van der Waals surface area contributed by atoms with Crippen LogP contribution in [0.2, 0.25) is 0 Å². The zero-order valence-corrected chi connectivity index (χ0v) is 14.6. The number of hydrogen-bond acceptors (Lipinski definition) is 4. The number of rotatable bonds is 3. The third-order valence-electron chi connectivity index (χ3n) is 4.26. The van der Waals surface area contributed by atoms with Gasteiger partial charge in [-0.15, -0.1) is 0 Å². The Kier molecular flexibility index (Phi) is 4.33. The van der Waals surface area contributed by atoms with Crippen LogP contribution in [-0.4, -0.2) is 18.4 Å². The van der Waals surface area contributed by atoms with Gasteiger partial charge >= 0.3 is 0 Å². The monoisotopic (exact) mass is 332 g/mol. The van der Waals surface area contributed by atoms with Gasteiger partial charge in [0.15, 0.2) is 5.78 Å². The van der Waals surface area contributed by atoms with Gasteiger partial charge in [0.2, 0.25) is 0 Å². The summed E-state index contributed by atoms with van der Waals surface area (Å²) < 4.78 is 5.32. The molecule has 0 radical (unpaired) electrons. The Hall–Kier alpha value is -3.06. The topological polar surface area (TPSA) is 62.1 Å². The van der Waals surface area contributed by atoms with Crippen molar-refractivity contribution in [3.8, 4) is 11.8 Å². The summed E-state index contributed by atoms with van der Waals surface area (Å²) in [5.41, 5.74) is 3.75. The van der Waals surface area contributed by atoms with Gasteiger partial charge in [-0.25, -0.2) is 0 Å². The van der Waals surface area contributed by atoms with E-state index in [2.05, 4.69) is 25.2 Å². The number of nitriles is 1. The molecule has 1 aliphatic rings. The van der Waals surface area contributed by atoms with Crippen molar-refractivity contribution in [2.24, 2.45) is 0 Å². The van der Waals surface area contributed by atoms with Crippen LogP contribution in [0.3, 0.4) is 0 Å².